The van der Waals surface area contributed by atoms with Crippen LogP contribution in [0, 0.1) is 6.92 Å². The number of nitrogens with one attached hydrogen (secondary N) is 1. The topological polar surface area (TPSA) is 47.0 Å². The predicted octanol–water partition coefficient (Wildman–Crippen LogP) is 2.56. The zero-order valence-electron chi connectivity index (χ0n) is 10.2. The number of aryl methyl sites for hydroxylation is 1. The zero-order valence-corrected chi connectivity index (χ0v) is 10.2. The lowest BCUT2D eigenvalue weighted by atomic mass is 10.3. The van der Waals surface area contributed by atoms with Crippen molar-refractivity contribution in [3.05, 3.63) is 24.0 Å². The number of rotatable bonds is 6. The van der Waals surface area contributed by atoms with Crippen LogP contribution in [0.3, 0.4) is 0 Å². The van der Waals surface area contributed by atoms with Gasteiger partial charge in [0.15, 0.2) is 0 Å². The second-order valence-electron chi connectivity index (χ2n) is 3.72. The van der Waals surface area contributed by atoms with Crippen LogP contribution in [0.15, 0.2) is 18.2 Å². The summed E-state index contributed by atoms with van der Waals surface area (Å²) in [6, 6.07) is 1.81. The number of hydrogen-bond acceptors (Lipinski definition) is 4. The van der Waals surface area contributed by atoms with E-state index in [2.05, 4.69) is 21.9 Å². The van der Waals surface area contributed by atoms with Crippen molar-refractivity contribution >= 4 is 5.82 Å². The minimum atomic E-state index is 0.608. The summed E-state index contributed by atoms with van der Waals surface area (Å²) >= 11 is 0. The lowest BCUT2D eigenvalue weighted by Gasteiger charge is -2.08. The molecule has 0 aliphatic rings. The first-order chi connectivity index (χ1) is 7.61. The summed E-state index contributed by atoms with van der Waals surface area (Å²) < 4.78 is 5.53. The monoisotopic (exact) mass is 221 g/mol. The van der Waals surface area contributed by atoms with E-state index in [0.29, 0.717) is 18.3 Å². The van der Waals surface area contributed by atoms with Crippen LogP contribution in [0.25, 0.3) is 0 Å². The van der Waals surface area contributed by atoms with Crippen molar-refractivity contribution in [3.8, 4) is 5.88 Å². The molecule has 1 aromatic rings. The Kier molecular flexibility index (Phi) is 4.76. The van der Waals surface area contributed by atoms with Crippen LogP contribution in [-0.2, 0) is 0 Å². The molecule has 0 atom stereocenters. The van der Waals surface area contributed by atoms with Crippen LogP contribution in [0.5, 0.6) is 5.88 Å². The molecule has 1 heterocycles. The van der Waals surface area contributed by atoms with E-state index in [-0.39, 0.29) is 0 Å². The first-order valence-corrected chi connectivity index (χ1v) is 5.48. The quantitative estimate of drug-likeness (QED) is 0.750. The Balaban J connectivity index is 2.61. The van der Waals surface area contributed by atoms with Crippen LogP contribution in [0.1, 0.15) is 26.1 Å². The molecule has 88 valence electrons. The van der Waals surface area contributed by atoms with E-state index < -0.39 is 0 Å². The maximum absolute atomic E-state index is 5.53. The van der Waals surface area contributed by atoms with E-state index in [1.165, 1.54) is 0 Å². The van der Waals surface area contributed by atoms with Crippen molar-refractivity contribution in [2.75, 3.05) is 18.5 Å². The van der Waals surface area contributed by atoms with Crippen molar-refractivity contribution in [1.29, 1.82) is 0 Å². The van der Waals surface area contributed by atoms with Gasteiger partial charge in [0, 0.05) is 19.0 Å². The maximum Gasteiger partial charge on any atom is 0.218 e. The van der Waals surface area contributed by atoms with Gasteiger partial charge in [0.2, 0.25) is 5.88 Å². The van der Waals surface area contributed by atoms with Crippen molar-refractivity contribution in [2.24, 2.45) is 0 Å². The molecule has 0 spiro atoms. The molecule has 0 saturated carbocycles. The number of nitrogens with zero attached hydrogens (tertiary/aromatic N) is 2. The van der Waals surface area contributed by atoms with Crippen LogP contribution < -0.4 is 10.1 Å². The van der Waals surface area contributed by atoms with Gasteiger partial charge in [-0.1, -0.05) is 5.57 Å². The highest BCUT2D eigenvalue weighted by Crippen LogP contribution is 2.13. The van der Waals surface area contributed by atoms with Gasteiger partial charge in [0.1, 0.15) is 11.6 Å². The highest BCUT2D eigenvalue weighted by Gasteiger charge is 2.01. The molecule has 16 heavy (non-hydrogen) atoms. The average molecular weight is 221 g/mol. The molecule has 0 aliphatic carbocycles. The lowest BCUT2D eigenvalue weighted by Crippen LogP contribution is -2.05. The molecule has 1 aromatic heterocycles. The Hall–Kier alpha value is -1.58. The summed E-state index contributed by atoms with van der Waals surface area (Å²) in [6.07, 6.45) is 0.847. The van der Waals surface area contributed by atoms with Gasteiger partial charge < -0.3 is 10.1 Å². The molecule has 0 aromatic carbocycles. The van der Waals surface area contributed by atoms with Crippen molar-refractivity contribution in [1.82, 2.24) is 9.97 Å². The van der Waals surface area contributed by atoms with Crippen molar-refractivity contribution < 1.29 is 4.74 Å². The van der Waals surface area contributed by atoms with Crippen LogP contribution in [0.4, 0.5) is 5.82 Å². The Bertz CT molecular complexity index is 363. The first kappa shape index (κ1) is 12.5. The van der Waals surface area contributed by atoms with Gasteiger partial charge >= 0.3 is 0 Å². The summed E-state index contributed by atoms with van der Waals surface area (Å²) in [4.78, 5) is 8.46. The Morgan fingerprint density at radius 2 is 2.25 bits per heavy atom. The number of hydrogen-bond donors (Lipinski definition) is 1. The van der Waals surface area contributed by atoms with E-state index >= 15 is 0 Å². The summed E-state index contributed by atoms with van der Waals surface area (Å²) in [5.41, 5.74) is 1.11. The van der Waals surface area contributed by atoms with Gasteiger partial charge in [0.05, 0.1) is 6.61 Å². The fraction of sp³-hybridized carbons (Fsp3) is 0.500. The summed E-state index contributed by atoms with van der Waals surface area (Å²) in [5.74, 6) is 2.13. The molecule has 1 rings (SSSR count). The number of anilines is 1. The van der Waals surface area contributed by atoms with Crippen LogP contribution >= 0.6 is 0 Å². The van der Waals surface area contributed by atoms with Gasteiger partial charge in [-0.15, -0.1) is 6.58 Å². The summed E-state index contributed by atoms with van der Waals surface area (Å²) in [7, 11) is 0. The highest BCUT2D eigenvalue weighted by molar-refractivity contribution is 5.38. The van der Waals surface area contributed by atoms with Gasteiger partial charge in [-0.2, -0.15) is 4.98 Å². The third-order valence-corrected chi connectivity index (χ3v) is 1.95. The van der Waals surface area contributed by atoms with Crippen molar-refractivity contribution in [3.63, 3.8) is 0 Å². The largest absolute Gasteiger partial charge is 0.477 e. The Morgan fingerprint density at radius 1 is 1.50 bits per heavy atom. The molecule has 4 heteroatoms. The molecule has 0 fully saturated rings. The smallest absolute Gasteiger partial charge is 0.218 e. The summed E-state index contributed by atoms with van der Waals surface area (Å²) in [6.45, 7) is 11.1. The number of aromatic nitrogens is 2. The van der Waals surface area contributed by atoms with Crippen molar-refractivity contribution in [2.45, 2.75) is 27.2 Å². The van der Waals surface area contributed by atoms with Gasteiger partial charge in [-0.05, 0) is 20.8 Å². The molecule has 0 unspecified atom stereocenters. The Morgan fingerprint density at radius 3 is 2.88 bits per heavy atom. The third-order valence-electron chi connectivity index (χ3n) is 1.95. The van der Waals surface area contributed by atoms with E-state index in [4.69, 9.17) is 4.74 Å². The zero-order chi connectivity index (χ0) is 12.0. The predicted molar refractivity (Wildman–Crippen MR) is 65.9 cm³/mol. The molecular weight excluding hydrogens is 202 g/mol. The van der Waals surface area contributed by atoms with E-state index in [1.54, 1.807) is 0 Å². The van der Waals surface area contributed by atoms with Gasteiger partial charge in [-0.3, -0.25) is 0 Å². The van der Waals surface area contributed by atoms with Crippen LogP contribution in [0.2, 0.25) is 0 Å². The number of ether oxygens (including phenoxy) is 1. The van der Waals surface area contributed by atoms with E-state index in [1.807, 2.05) is 26.8 Å². The fourth-order valence-corrected chi connectivity index (χ4v) is 1.22. The van der Waals surface area contributed by atoms with Crippen LogP contribution in [-0.4, -0.2) is 23.1 Å². The fourth-order valence-electron chi connectivity index (χ4n) is 1.22. The molecule has 0 amide bonds. The molecule has 0 saturated heterocycles. The molecule has 4 nitrogen and oxygen atoms in total. The normalized spacial score (nSPS) is 9.94. The molecule has 0 bridgehead atoms. The highest BCUT2D eigenvalue weighted by atomic mass is 16.5. The summed E-state index contributed by atoms with van der Waals surface area (Å²) in [5, 5.41) is 3.14. The van der Waals surface area contributed by atoms with Gasteiger partial charge in [-0.25, -0.2) is 4.98 Å². The molecule has 1 N–H and O–H groups in total. The molecular formula is C12H19N3O. The first-order valence-electron chi connectivity index (χ1n) is 5.48. The second-order valence-corrected chi connectivity index (χ2v) is 3.72. The maximum atomic E-state index is 5.53. The molecule has 0 radical (unpaired) electrons. The standard InChI is InChI=1S/C12H19N3O/c1-5-13-11-8-12(15-10(4)14-11)16-7-6-9(2)3/h8H,2,5-7H2,1,3-4H3,(H,13,14,15). The average Bonchev–Trinajstić information content (AvgIpc) is 2.16. The lowest BCUT2D eigenvalue weighted by molar-refractivity contribution is 0.308. The van der Waals surface area contributed by atoms with E-state index in [0.717, 1.165) is 24.4 Å². The minimum absolute atomic E-state index is 0.608. The molecule has 0 aliphatic heterocycles. The Labute approximate surface area is 96.8 Å². The van der Waals surface area contributed by atoms with Gasteiger partial charge in [0.25, 0.3) is 0 Å². The van der Waals surface area contributed by atoms with E-state index in [9.17, 15) is 0 Å². The third kappa shape index (κ3) is 4.29. The second kappa shape index (κ2) is 6.10. The minimum Gasteiger partial charge on any atom is -0.477 e. The SMILES string of the molecule is C=C(C)CCOc1cc(NCC)nc(C)n1.